The molecule has 2 fully saturated rings. The summed E-state index contributed by atoms with van der Waals surface area (Å²) in [4.78, 5) is 19.1. The third-order valence-corrected chi connectivity index (χ3v) is 5.61. The number of hydrogen-bond acceptors (Lipinski definition) is 6. The summed E-state index contributed by atoms with van der Waals surface area (Å²) in [6.07, 6.45) is 3.63. The van der Waals surface area contributed by atoms with Gasteiger partial charge in [0.1, 0.15) is 0 Å². The van der Waals surface area contributed by atoms with Crippen LogP contribution in [0.5, 0.6) is 0 Å². The molecule has 1 aromatic carbocycles. The van der Waals surface area contributed by atoms with Crippen LogP contribution < -0.4 is 4.90 Å². The molecule has 1 aliphatic carbocycles. The van der Waals surface area contributed by atoms with Crippen LogP contribution in [0.2, 0.25) is 0 Å². The Morgan fingerprint density at radius 3 is 2.67 bits per heavy atom. The Kier molecular flexibility index (Phi) is 6.30. The number of benzene rings is 1. The number of thiocarbonyl (C=S) groups is 1. The second-order valence-corrected chi connectivity index (χ2v) is 8.05. The van der Waals surface area contributed by atoms with Crippen LogP contribution in [0, 0.1) is 5.92 Å². The second kappa shape index (κ2) is 8.51. The van der Waals surface area contributed by atoms with Crippen LogP contribution in [0.4, 0.5) is 11.4 Å². The molecule has 0 unspecified atom stereocenters. The molecule has 2 aliphatic rings. The molecule has 27 heavy (non-hydrogen) atoms. The lowest BCUT2D eigenvalue weighted by Crippen LogP contribution is -2.41. The molecule has 0 spiro atoms. The molecule has 1 saturated carbocycles. The molecule has 1 aliphatic heterocycles. The Bertz CT molecular complexity index is 733. The topological polar surface area (TPSA) is 51.1 Å². The van der Waals surface area contributed by atoms with E-state index in [0.29, 0.717) is 12.0 Å². The molecule has 146 valence electrons. The average molecular weight is 389 g/mol. The van der Waals surface area contributed by atoms with E-state index in [0.717, 1.165) is 62.4 Å². The minimum Gasteiger partial charge on any atom is -0.468 e. The molecule has 0 radical (unpaired) electrons. The molecular weight excluding hydrogens is 360 g/mol. The molecule has 3 rings (SSSR count). The molecule has 0 amide bonds. The molecule has 6 heteroatoms. The van der Waals surface area contributed by atoms with Crippen molar-refractivity contribution in [3.05, 3.63) is 23.8 Å². The highest BCUT2D eigenvalue weighted by atomic mass is 32.1. The highest BCUT2D eigenvalue weighted by molar-refractivity contribution is 7.78. The number of rotatable bonds is 7. The van der Waals surface area contributed by atoms with Gasteiger partial charge in [-0.3, -0.25) is 4.79 Å². The third kappa shape index (κ3) is 4.23. The minimum atomic E-state index is -0.513. The van der Waals surface area contributed by atoms with Crippen LogP contribution in [-0.2, 0) is 19.7 Å². The minimum absolute atomic E-state index is 0.170. The number of carbonyl (C=O) groups is 1. The Hall–Kier alpha value is -1.75. The largest absolute Gasteiger partial charge is 0.468 e. The van der Waals surface area contributed by atoms with Crippen molar-refractivity contribution in [3.63, 3.8) is 0 Å². The summed E-state index contributed by atoms with van der Waals surface area (Å²) in [7, 11) is 1.45. The quantitative estimate of drug-likeness (QED) is 0.397. The van der Waals surface area contributed by atoms with Gasteiger partial charge in [0.05, 0.1) is 29.1 Å². The number of aliphatic imine (C=N–C) groups is 1. The summed E-state index contributed by atoms with van der Waals surface area (Å²) in [5.41, 5.74) is 2.28. The van der Waals surface area contributed by atoms with E-state index >= 15 is 0 Å². The number of carbonyl (C=O) groups excluding carboxylic acids is 1. The van der Waals surface area contributed by atoms with Crippen molar-refractivity contribution in [1.82, 2.24) is 0 Å². The summed E-state index contributed by atoms with van der Waals surface area (Å²) in [5, 5.41) is 2.52. The summed E-state index contributed by atoms with van der Waals surface area (Å²) < 4.78 is 10.6. The number of nitrogens with zero attached hydrogens (tertiary/aromatic N) is 2. The first-order valence-corrected chi connectivity index (χ1v) is 10.1. The predicted molar refractivity (Wildman–Crippen MR) is 110 cm³/mol. The summed E-state index contributed by atoms with van der Waals surface area (Å²) in [6.45, 7) is 6.95. The SMILES string of the molecule is COC(=O)C1(c2ccc(N(CC(C)C)C3CCOCC3)c(N=C=S)c2)CC1. The maximum atomic E-state index is 12.3. The van der Waals surface area contributed by atoms with Crippen LogP contribution in [0.25, 0.3) is 0 Å². The molecule has 5 nitrogen and oxygen atoms in total. The van der Waals surface area contributed by atoms with Crippen LogP contribution >= 0.6 is 12.2 Å². The lowest BCUT2D eigenvalue weighted by Gasteiger charge is -2.38. The van der Waals surface area contributed by atoms with Gasteiger partial charge in [0.25, 0.3) is 0 Å². The highest BCUT2D eigenvalue weighted by Crippen LogP contribution is 2.51. The van der Waals surface area contributed by atoms with E-state index in [1.54, 1.807) is 0 Å². The van der Waals surface area contributed by atoms with Gasteiger partial charge in [0.2, 0.25) is 0 Å². The van der Waals surface area contributed by atoms with Gasteiger partial charge in [0.15, 0.2) is 0 Å². The van der Waals surface area contributed by atoms with Gasteiger partial charge in [-0.1, -0.05) is 19.9 Å². The summed E-state index contributed by atoms with van der Waals surface area (Å²) in [6, 6.07) is 6.54. The average Bonchev–Trinajstić information content (AvgIpc) is 3.48. The van der Waals surface area contributed by atoms with Crippen molar-refractivity contribution >= 4 is 34.7 Å². The van der Waals surface area contributed by atoms with Gasteiger partial charge in [-0.05, 0) is 61.5 Å². The normalized spacial score (nSPS) is 18.7. The Morgan fingerprint density at radius 2 is 2.11 bits per heavy atom. The molecule has 0 aromatic heterocycles. The van der Waals surface area contributed by atoms with Crippen molar-refractivity contribution in [3.8, 4) is 0 Å². The second-order valence-electron chi connectivity index (χ2n) is 7.87. The summed E-state index contributed by atoms with van der Waals surface area (Å²) in [5.74, 6) is 0.345. The van der Waals surface area contributed by atoms with E-state index in [1.807, 2.05) is 12.1 Å². The molecule has 1 heterocycles. The fourth-order valence-electron chi connectivity index (χ4n) is 3.97. The number of methoxy groups -OCH3 is 1. The van der Waals surface area contributed by atoms with Gasteiger partial charge in [0, 0.05) is 25.8 Å². The lowest BCUT2D eigenvalue weighted by atomic mass is 9.94. The van der Waals surface area contributed by atoms with E-state index in [1.165, 1.54) is 7.11 Å². The molecule has 1 aromatic rings. The molecule has 0 N–H and O–H groups in total. The first-order chi connectivity index (χ1) is 13.0. The predicted octanol–water partition coefficient (Wildman–Crippen LogP) is 4.27. The van der Waals surface area contributed by atoms with E-state index in [-0.39, 0.29) is 5.97 Å². The van der Waals surface area contributed by atoms with Crippen molar-refractivity contribution in [2.24, 2.45) is 10.9 Å². The Labute approximate surface area is 166 Å². The third-order valence-electron chi connectivity index (χ3n) is 5.52. The smallest absolute Gasteiger partial charge is 0.316 e. The molecule has 0 bridgehead atoms. The summed E-state index contributed by atoms with van der Waals surface area (Å²) >= 11 is 4.90. The van der Waals surface area contributed by atoms with E-state index in [2.05, 4.69) is 35.0 Å². The highest BCUT2D eigenvalue weighted by Gasteiger charge is 2.52. The van der Waals surface area contributed by atoms with E-state index in [9.17, 15) is 4.79 Å². The van der Waals surface area contributed by atoms with Gasteiger partial charge >= 0.3 is 5.97 Å². The van der Waals surface area contributed by atoms with Crippen molar-refractivity contribution in [2.45, 2.75) is 51.0 Å². The van der Waals surface area contributed by atoms with Crippen LogP contribution in [0.3, 0.4) is 0 Å². The lowest BCUT2D eigenvalue weighted by molar-refractivity contribution is -0.143. The zero-order valence-corrected chi connectivity index (χ0v) is 17.2. The van der Waals surface area contributed by atoms with Crippen molar-refractivity contribution in [2.75, 3.05) is 31.8 Å². The van der Waals surface area contributed by atoms with Crippen LogP contribution in [0.15, 0.2) is 23.2 Å². The number of hydrogen-bond donors (Lipinski definition) is 0. The van der Waals surface area contributed by atoms with E-state index in [4.69, 9.17) is 21.7 Å². The Balaban J connectivity index is 1.99. The zero-order chi connectivity index (χ0) is 19.4. The Morgan fingerprint density at radius 1 is 1.41 bits per heavy atom. The number of anilines is 1. The zero-order valence-electron chi connectivity index (χ0n) is 16.4. The number of ether oxygens (including phenoxy) is 2. The number of esters is 1. The van der Waals surface area contributed by atoms with E-state index < -0.39 is 5.41 Å². The van der Waals surface area contributed by atoms with Crippen molar-refractivity contribution in [1.29, 1.82) is 0 Å². The van der Waals surface area contributed by atoms with Crippen LogP contribution in [0.1, 0.15) is 45.1 Å². The first-order valence-electron chi connectivity index (χ1n) is 9.67. The molecule has 1 saturated heterocycles. The fourth-order valence-corrected chi connectivity index (χ4v) is 4.07. The van der Waals surface area contributed by atoms with Crippen molar-refractivity contribution < 1.29 is 14.3 Å². The maximum absolute atomic E-state index is 12.3. The van der Waals surface area contributed by atoms with Gasteiger partial charge < -0.3 is 14.4 Å². The van der Waals surface area contributed by atoms with Gasteiger partial charge in [-0.15, -0.1) is 0 Å². The van der Waals surface area contributed by atoms with Crippen LogP contribution in [-0.4, -0.2) is 44.0 Å². The molecule has 0 atom stereocenters. The fraction of sp³-hybridized carbons (Fsp3) is 0.619. The first kappa shape index (κ1) is 20.0. The monoisotopic (exact) mass is 388 g/mol. The molecular formula is C21H28N2O3S. The van der Waals surface area contributed by atoms with Gasteiger partial charge in [-0.2, -0.15) is 4.99 Å². The maximum Gasteiger partial charge on any atom is 0.316 e. The van der Waals surface area contributed by atoms with Gasteiger partial charge in [-0.25, -0.2) is 0 Å². The standard InChI is InChI=1S/C21H28N2O3S/c1-15(2)13-23(17-6-10-26-11-7-17)19-5-4-16(12-18(19)22-14-27)21(8-9-21)20(24)25-3/h4-5,12,15,17H,6-11,13H2,1-3H3. The number of isothiocyanates is 1.